The fourth-order valence-corrected chi connectivity index (χ4v) is 2.29. The molecule has 0 spiro atoms. The highest BCUT2D eigenvalue weighted by Gasteiger charge is 2.17. The molecule has 2 aromatic rings. The zero-order chi connectivity index (χ0) is 17.0. The molecule has 0 saturated carbocycles. The van der Waals surface area contributed by atoms with Gasteiger partial charge in [0.1, 0.15) is 6.04 Å². The Morgan fingerprint density at radius 2 is 1.78 bits per heavy atom. The minimum absolute atomic E-state index is 0.283. The van der Waals surface area contributed by atoms with Crippen molar-refractivity contribution >= 4 is 45.0 Å². The highest BCUT2D eigenvalue weighted by molar-refractivity contribution is 9.10. The van der Waals surface area contributed by atoms with Crippen LogP contribution in [0.5, 0.6) is 0 Å². The fourth-order valence-electron chi connectivity index (χ4n) is 1.92. The van der Waals surface area contributed by atoms with Gasteiger partial charge in [0.2, 0.25) is 5.91 Å². The lowest BCUT2D eigenvalue weighted by atomic mass is 10.2. The van der Waals surface area contributed by atoms with E-state index in [9.17, 15) is 9.59 Å². The molecule has 0 saturated heterocycles. The van der Waals surface area contributed by atoms with Crippen molar-refractivity contribution < 1.29 is 9.59 Å². The Hall–Kier alpha value is -1.85. The molecule has 2 aromatic carbocycles. The summed E-state index contributed by atoms with van der Waals surface area (Å²) in [6, 6.07) is 11.3. The van der Waals surface area contributed by atoms with E-state index in [2.05, 4.69) is 26.6 Å². The van der Waals surface area contributed by atoms with Crippen LogP contribution >= 0.6 is 27.5 Å². The van der Waals surface area contributed by atoms with Gasteiger partial charge in [0.25, 0.3) is 5.91 Å². The van der Waals surface area contributed by atoms with Crippen LogP contribution in [0.3, 0.4) is 0 Å². The highest BCUT2D eigenvalue weighted by Crippen LogP contribution is 2.20. The van der Waals surface area contributed by atoms with E-state index in [1.165, 1.54) is 0 Å². The van der Waals surface area contributed by atoms with Crippen LogP contribution in [-0.2, 0) is 4.79 Å². The molecule has 0 aromatic heterocycles. The molecule has 0 aliphatic heterocycles. The largest absolute Gasteiger partial charge is 0.341 e. The summed E-state index contributed by atoms with van der Waals surface area (Å²) in [5.41, 5.74) is 2.15. The summed E-state index contributed by atoms with van der Waals surface area (Å²) in [6.45, 7) is 3.57. The second kappa shape index (κ2) is 7.62. The Bertz CT molecular complexity index is 732. The first-order valence-corrected chi connectivity index (χ1v) is 8.17. The molecule has 0 heterocycles. The number of aryl methyl sites for hydroxylation is 1. The lowest BCUT2D eigenvalue weighted by molar-refractivity contribution is -0.117. The maximum absolute atomic E-state index is 12.2. The van der Waals surface area contributed by atoms with E-state index in [1.807, 2.05) is 19.1 Å². The molecule has 0 fully saturated rings. The molecule has 0 radical (unpaired) electrons. The number of carbonyl (C=O) groups excluding carboxylic acids is 2. The Morgan fingerprint density at radius 1 is 1.13 bits per heavy atom. The SMILES string of the molecule is Cc1cc(NC(=O)C(C)NC(=O)c2ccc(Cl)cc2)ccc1Br. The quantitative estimate of drug-likeness (QED) is 0.816. The second-order valence-corrected chi connectivity index (χ2v) is 6.45. The van der Waals surface area contributed by atoms with Gasteiger partial charge in [-0.2, -0.15) is 0 Å². The summed E-state index contributed by atoms with van der Waals surface area (Å²) >= 11 is 9.20. The first-order chi connectivity index (χ1) is 10.9. The molecule has 1 atom stereocenters. The average Bonchev–Trinajstić information content (AvgIpc) is 2.51. The predicted molar refractivity (Wildman–Crippen MR) is 95.9 cm³/mol. The number of anilines is 1. The summed E-state index contributed by atoms with van der Waals surface area (Å²) in [6.07, 6.45) is 0. The van der Waals surface area contributed by atoms with Gasteiger partial charge in [-0.05, 0) is 61.9 Å². The Morgan fingerprint density at radius 3 is 2.39 bits per heavy atom. The van der Waals surface area contributed by atoms with Crippen LogP contribution < -0.4 is 10.6 Å². The van der Waals surface area contributed by atoms with Crippen molar-refractivity contribution in [3.63, 3.8) is 0 Å². The van der Waals surface area contributed by atoms with Crippen LogP contribution in [-0.4, -0.2) is 17.9 Å². The fraction of sp³-hybridized carbons (Fsp3) is 0.176. The summed E-state index contributed by atoms with van der Waals surface area (Å²) in [5.74, 6) is -0.606. The van der Waals surface area contributed by atoms with Gasteiger partial charge in [0.15, 0.2) is 0 Å². The molecular formula is C17H16BrClN2O2. The number of rotatable bonds is 4. The number of nitrogens with one attached hydrogen (secondary N) is 2. The monoisotopic (exact) mass is 394 g/mol. The van der Waals surface area contributed by atoms with E-state index in [-0.39, 0.29) is 11.8 Å². The van der Waals surface area contributed by atoms with Crippen molar-refractivity contribution in [2.24, 2.45) is 0 Å². The molecule has 0 aliphatic rings. The first kappa shape index (κ1) is 17.5. The molecule has 2 N–H and O–H groups in total. The molecule has 1 unspecified atom stereocenters. The van der Waals surface area contributed by atoms with Crippen LogP contribution in [0, 0.1) is 6.92 Å². The zero-order valence-electron chi connectivity index (χ0n) is 12.7. The van der Waals surface area contributed by atoms with Gasteiger partial charge in [-0.25, -0.2) is 0 Å². The smallest absolute Gasteiger partial charge is 0.251 e. The minimum atomic E-state index is -0.665. The van der Waals surface area contributed by atoms with Crippen molar-refractivity contribution in [2.75, 3.05) is 5.32 Å². The van der Waals surface area contributed by atoms with Crippen LogP contribution in [0.4, 0.5) is 5.69 Å². The van der Waals surface area contributed by atoms with Gasteiger partial charge < -0.3 is 10.6 Å². The molecule has 4 nitrogen and oxygen atoms in total. The summed E-state index contributed by atoms with van der Waals surface area (Å²) in [5, 5.41) is 5.99. The molecule has 0 bridgehead atoms. The van der Waals surface area contributed by atoms with Gasteiger partial charge in [0.05, 0.1) is 0 Å². The summed E-state index contributed by atoms with van der Waals surface area (Å²) in [7, 11) is 0. The molecule has 23 heavy (non-hydrogen) atoms. The molecule has 2 rings (SSSR count). The van der Waals surface area contributed by atoms with Crippen molar-refractivity contribution in [1.29, 1.82) is 0 Å². The summed E-state index contributed by atoms with van der Waals surface area (Å²) in [4.78, 5) is 24.3. The Balaban J connectivity index is 1.97. The molecular weight excluding hydrogens is 380 g/mol. The number of halogens is 2. The Labute approximate surface area is 148 Å². The predicted octanol–water partition coefficient (Wildman–Crippen LogP) is 4.17. The standard InChI is InChI=1S/C17H16BrClN2O2/c1-10-9-14(7-8-15(10)18)21-16(22)11(2)20-17(23)12-3-5-13(19)6-4-12/h3-9,11H,1-2H3,(H,20,23)(H,21,22). The van der Waals surface area contributed by atoms with Crippen molar-refractivity contribution in [3.8, 4) is 0 Å². The topological polar surface area (TPSA) is 58.2 Å². The minimum Gasteiger partial charge on any atom is -0.341 e. The van der Waals surface area contributed by atoms with E-state index < -0.39 is 6.04 Å². The number of amides is 2. The lowest BCUT2D eigenvalue weighted by Gasteiger charge is -2.15. The number of hydrogen-bond acceptors (Lipinski definition) is 2. The van der Waals surface area contributed by atoms with Crippen LogP contribution in [0.25, 0.3) is 0 Å². The number of benzene rings is 2. The van der Waals surface area contributed by atoms with Crippen molar-refractivity contribution in [3.05, 3.63) is 63.1 Å². The van der Waals surface area contributed by atoms with Gasteiger partial charge in [-0.1, -0.05) is 27.5 Å². The van der Waals surface area contributed by atoms with E-state index >= 15 is 0 Å². The van der Waals surface area contributed by atoms with E-state index in [1.54, 1.807) is 37.3 Å². The third-order valence-electron chi connectivity index (χ3n) is 3.27. The van der Waals surface area contributed by atoms with E-state index in [0.717, 1.165) is 10.0 Å². The maximum atomic E-state index is 12.2. The van der Waals surface area contributed by atoms with E-state index in [0.29, 0.717) is 16.3 Å². The number of carbonyl (C=O) groups is 2. The Kier molecular flexibility index (Phi) is 5.80. The second-order valence-electron chi connectivity index (χ2n) is 5.16. The van der Waals surface area contributed by atoms with Crippen LogP contribution in [0.2, 0.25) is 5.02 Å². The molecule has 6 heteroatoms. The van der Waals surface area contributed by atoms with E-state index in [4.69, 9.17) is 11.6 Å². The summed E-state index contributed by atoms with van der Waals surface area (Å²) < 4.78 is 0.972. The molecule has 120 valence electrons. The first-order valence-electron chi connectivity index (χ1n) is 7.00. The normalized spacial score (nSPS) is 11.7. The zero-order valence-corrected chi connectivity index (χ0v) is 15.0. The van der Waals surface area contributed by atoms with Gasteiger partial charge >= 0.3 is 0 Å². The molecule has 2 amide bonds. The van der Waals surface area contributed by atoms with Gasteiger partial charge in [-0.15, -0.1) is 0 Å². The third-order valence-corrected chi connectivity index (χ3v) is 4.41. The van der Waals surface area contributed by atoms with Gasteiger partial charge in [0, 0.05) is 20.7 Å². The van der Waals surface area contributed by atoms with Crippen molar-refractivity contribution in [2.45, 2.75) is 19.9 Å². The lowest BCUT2D eigenvalue weighted by Crippen LogP contribution is -2.41. The van der Waals surface area contributed by atoms with Crippen LogP contribution in [0.15, 0.2) is 46.9 Å². The highest BCUT2D eigenvalue weighted by atomic mass is 79.9. The number of hydrogen-bond donors (Lipinski definition) is 2. The average molecular weight is 396 g/mol. The van der Waals surface area contributed by atoms with Crippen molar-refractivity contribution in [1.82, 2.24) is 5.32 Å². The third kappa shape index (κ3) is 4.81. The van der Waals surface area contributed by atoms with Gasteiger partial charge in [-0.3, -0.25) is 9.59 Å². The molecule has 0 aliphatic carbocycles. The maximum Gasteiger partial charge on any atom is 0.251 e. The van der Waals surface area contributed by atoms with Crippen LogP contribution in [0.1, 0.15) is 22.8 Å².